The summed E-state index contributed by atoms with van der Waals surface area (Å²) in [5.74, 6) is 0. The van der Waals surface area contributed by atoms with E-state index in [1.807, 2.05) is 45.3 Å². The monoisotopic (exact) mass is 896 g/mol. The van der Waals surface area contributed by atoms with Gasteiger partial charge in [-0.25, -0.2) is 0 Å². The van der Waals surface area contributed by atoms with Crippen molar-refractivity contribution in [2.75, 3.05) is 9.80 Å². The maximum Gasteiger partial charge on any atom is 0.252 e. The lowest BCUT2D eigenvalue weighted by molar-refractivity contribution is 1.26. The third-order valence-electron chi connectivity index (χ3n) is 13.8. The summed E-state index contributed by atoms with van der Waals surface area (Å²) >= 11 is 7.44. The van der Waals surface area contributed by atoms with Crippen molar-refractivity contribution in [2.24, 2.45) is 0 Å². The Labute approximate surface area is 391 Å². The standard InChI is InChI=1S/C58H33BN2S4/c1-3-12-34(13-4-1)40-26-36-22-24-62-54(36)30-48(40)60-46-18-11-19-47-58(46)59(44-28-42-38-16-7-9-20-52(38)64-56(42)32-50(44)60)45-29-43-39-17-8-10-21-53(39)65-57(43)33-51(45)61(47)49-31-55-37(23-25-63-55)27-41(49)35-14-5-2-6-15-35/h1-33H. The molecule has 0 saturated heterocycles. The molecule has 15 rings (SSSR count). The Morgan fingerprint density at radius 3 is 1.26 bits per heavy atom. The van der Waals surface area contributed by atoms with Crippen molar-refractivity contribution in [3.63, 3.8) is 0 Å². The van der Waals surface area contributed by atoms with Gasteiger partial charge in [-0.2, -0.15) is 0 Å². The number of hydrogen-bond donors (Lipinski definition) is 0. The molecular weight excluding hydrogens is 864 g/mol. The van der Waals surface area contributed by atoms with E-state index in [4.69, 9.17) is 0 Å². The fraction of sp³-hybridized carbons (Fsp3) is 0. The molecule has 0 radical (unpaired) electrons. The number of nitrogens with zero attached hydrogens (tertiary/aromatic N) is 2. The summed E-state index contributed by atoms with van der Waals surface area (Å²) in [5.41, 5.74) is 16.2. The molecular formula is C58H33BN2S4. The van der Waals surface area contributed by atoms with Gasteiger partial charge in [0.1, 0.15) is 0 Å². The Hall–Kier alpha value is -7.00. The van der Waals surface area contributed by atoms with Gasteiger partial charge in [0.2, 0.25) is 0 Å². The van der Waals surface area contributed by atoms with Crippen LogP contribution in [0.15, 0.2) is 199 Å². The molecule has 0 unspecified atom stereocenters. The van der Waals surface area contributed by atoms with E-state index in [1.54, 1.807) is 0 Å². The Morgan fingerprint density at radius 1 is 0.323 bits per heavy atom. The molecule has 7 heteroatoms. The zero-order valence-electron chi connectivity index (χ0n) is 34.7. The van der Waals surface area contributed by atoms with E-state index in [1.165, 1.54) is 133 Å². The molecule has 6 heterocycles. The Morgan fingerprint density at radius 2 is 0.769 bits per heavy atom. The normalized spacial score (nSPS) is 13.1. The van der Waals surface area contributed by atoms with Crippen LogP contribution in [0.5, 0.6) is 0 Å². The van der Waals surface area contributed by atoms with Crippen molar-refractivity contribution >= 4 is 163 Å². The molecule has 4 aromatic heterocycles. The number of thiophene rings is 4. The molecule has 9 aromatic carbocycles. The zero-order valence-corrected chi connectivity index (χ0v) is 37.9. The van der Waals surface area contributed by atoms with E-state index in [-0.39, 0.29) is 6.71 Å². The van der Waals surface area contributed by atoms with Gasteiger partial charge in [-0.15, -0.1) is 45.3 Å². The molecule has 0 amide bonds. The van der Waals surface area contributed by atoms with Crippen LogP contribution in [0.3, 0.4) is 0 Å². The second-order valence-electron chi connectivity index (χ2n) is 17.2. The Bertz CT molecular complexity index is 3840. The average Bonchev–Trinajstić information content (AvgIpc) is 4.17. The molecule has 0 saturated carbocycles. The SMILES string of the molecule is c1ccc(-c2cc3ccsc3cc2N2c3cc4sc5ccccc5c4cc3B3c4cc5c(cc4N(c4cc6sccc6cc4-c4ccccc4)c4cccc2c43)sc2ccccc25)cc1. The summed E-state index contributed by atoms with van der Waals surface area (Å²) < 4.78 is 7.82. The molecule has 0 atom stereocenters. The van der Waals surface area contributed by atoms with Gasteiger partial charge >= 0.3 is 0 Å². The summed E-state index contributed by atoms with van der Waals surface area (Å²) in [4.78, 5) is 5.25. The average molecular weight is 897 g/mol. The molecule has 2 aliphatic rings. The van der Waals surface area contributed by atoms with Gasteiger partial charge in [-0.1, -0.05) is 115 Å². The highest BCUT2D eigenvalue weighted by Gasteiger charge is 2.44. The fourth-order valence-corrected chi connectivity index (χ4v) is 14.8. The maximum absolute atomic E-state index is 2.62. The van der Waals surface area contributed by atoms with Crippen molar-refractivity contribution in [2.45, 2.75) is 0 Å². The van der Waals surface area contributed by atoms with Crippen molar-refractivity contribution in [3.8, 4) is 22.3 Å². The highest BCUT2D eigenvalue weighted by Crippen LogP contribution is 2.52. The van der Waals surface area contributed by atoms with E-state index >= 15 is 0 Å². The molecule has 0 bridgehead atoms. The smallest absolute Gasteiger partial charge is 0.252 e. The number of anilines is 6. The number of fused-ring (bicyclic) bond motifs is 12. The largest absolute Gasteiger partial charge is 0.311 e. The minimum atomic E-state index is -0.0267. The van der Waals surface area contributed by atoms with Crippen LogP contribution in [0.1, 0.15) is 0 Å². The second kappa shape index (κ2) is 13.8. The summed E-state index contributed by atoms with van der Waals surface area (Å²) in [6.07, 6.45) is 0. The lowest BCUT2D eigenvalue weighted by atomic mass is 9.33. The molecule has 13 aromatic rings. The maximum atomic E-state index is 2.62. The fourth-order valence-electron chi connectivity index (χ4n) is 11.0. The quantitative estimate of drug-likeness (QED) is 0.162. The molecule has 0 aliphatic carbocycles. The number of rotatable bonds is 4. The van der Waals surface area contributed by atoms with E-state index in [0.29, 0.717) is 0 Å². The van der Waals surface area contributed by atoms with E-state index in [0.717, 1.165) is 0 Å². The van der Waals surface area contributed by atoms with Gasteiger partial charge < -0.3 is 9.80 Å². The predicted molar refractivity (Wildman–Crippen MR) is 288 cm³/mol. The summed E-state index contributed by atoms with van der Waals surface area (Å²) in [7, 11) is 0. The zero-order chi connectivity index (χ0) is 42.3. The van der Waals surface area contributed by atoms with Gasteiger partial charge in [0.05, 0.1) is 11.4 Å². The summed E-state index contributed by atoms with van der Waals surface area (Å²) in [5, 5.41) is 12.3. The predicted octanol–water partition coefficient (Wildman–Crippen LogP) is 16.3. The van der Waals surface area contributed by atoms with Gasteiger partial charge in [0, 0.05) is 72.8 Å². The first-order chi connectivity index (χ1) is 32.2. The minimum Gasteiger partial charge on any atom is -0.311 e. The lowest BCUT2D eigenvalue weighted by Gasteiger charge is -2.45. The van der Waals surface area contributed by atoms with Crippen LogP contribution in [0, 0.1) is 0 Å². The first-order valence-corrected chi connectivity index (χ1v) is 25.4. The van der Waals surface area contributed by atoms with Crippen molar-refractivity contribution in [1.29, 1.82) is 0 Å². The highest BCUT2D eigenvalue weighted by atomic mass is 32.1. The second-order valence-corrected chi connectivity index (χ2v) is 21.3. The topological polar surface area (TPSA) is 6.48 Å². The van der Waals surface area contributed by atoms with E-state index in [9.17, 15) is 0 Å². The summed E-state index contributed by atoms with van der Waals surface area (Å²) in [6, 6.07) is 71.4. The van der Waals surface area contributed by atoms with Crippen LogP contribution in [0.2, 0.25) is 0 Å². The third kappa shape index (κ3) is 5.26. The number of benzene rings is 9. The van der Waals surface area contributed by atoms with E-state index in [2.05, 4.69) is 209 Å². The molecule has 0 N–H and O–H groups in total. The van der Waals surface area contributed by atoms with Crippen LogP contribution in [0.4, 0.5) is 34.1 Å². The van der Waals surface area contributed by atoms with Gasteiger partial charge in [-0.05, 0) is 133 Å². The summed E-state index contributed by atoms with van der Waals surface area (Å²) in [6.45, 7) is -0.0267. The minimum absolute atomic E-state index is 0.0267. The molecule has 2 nitrogen and oxygen atoms in total. The third-order valence-corrected chi connectivity index (χ3v) is 17.8. The van der Waals surface area contributed by atoms with Gasteiger partial charge in [0.25, 0.3) is 6.71 Å². The van der Waals surface area contributed by atoms with Crippen LogP contribution >= 0.6 is 45.3 Å². The molecule has 65 heavy (non-hydrogen) atoms. The lowest BCUT2D eigenvalue weighted by Crippen LogP contribution is -2.61. The molecule has 0 fully saturated rings. The Balaban J connectivity index is 1.10. The molecule has 0 spiro atoms. The highest BCUT2D eigenvalue weighted by molar-refractivity contribution is 7.26. The number of hydrogen-bond acceptors (Lipinski definition) is 6. The molecule has 302 valence electrons. The molecule has 2 aliphatic heterocycles. The van der Waals surface area contributed by atoms with Crippen LogP contribution in [0.25, 0.3) is 82.8 Å². The van der Waals surface area contributed by atoms with Gasteiger partial charge in [0.15, 0.2) is 0 Å². The van der Waals surface area contributed by atoms with Crippen molar-refractivity contribution < 1.29 is 0 Å². The van der Waals surface area contributed by atoms with Crippen molar-refractivity contribution in [3.05, 3.63) is 199 Å². The van der Waals surface area contributed by atoms with Crippen molar-refractivity contribution in [1.82, 2.24) is 0 Å². The van der Waals surface area contributed by atoms with Gasteiger partial charge in [-0.3, -0.25) is 0 Å². The first kappa shape index (κ1) is 36.4. The van der Waals surface area contributed by atoms with E-state index < -0.39 is 0 Å². The van der Waals surface area contributed by atoms with Crippen LogP contribution in [-0.2, 0) is 0 Å². The first-order valence-electron chi connectivity index (χ1n) is 22.0. The van der Waals surface area contributed by atoms with Crippen LogP contribution < -0.4 is 26.2 Å². The van der Waals surface area contributed by atoms with Crippen LogP contribution in [-0.4, -0.2) is 6.71 Å². The Kier molecular flexibility index (Phi) is 7.69.